The quantitative estimate of drug-likeness (QED) is 0.671. The molecule has 0 aliphatic carbocycles. The number of piperazine rings is 1. The van der Waals surface area contributed by atoms with Gasteiger partial charge in [-0.05, 0) is 6.07 Å². The average Bonchev–Trinajstić information content (AvgIpc) is 2.37. The van der Waals surface area contributed by atoms with Crippen LogP contribution in [0.3, 0.4) is 0 Å². The number of nitrogens with zero attached hydrogens (tertiary/aromatic N) is 2. The molecule has 0 radical (unpaired) electrons. The fourth-order valence-corrected chi connectivity index (χ4v) is 2.30. The van der Waals surface area contributed by atoms with Crippen molar-refractivity contribution < 1.29 is 17.6 Å². The summed E-state index contributed by atoms with van der Waals surface area (Å²) in [5.74, 6) is -0.824. The lowest BCUT2D eigenvalue weighted by Gasteiger charge is -2.35. The summed E-state index contributed by atoms with van der Waals surface area (Å²) in [5.41, 5.74) is 0.0155. The van der Waals surface area contributed by atoms with Crippen molar-refractivity contribution in [1.29, 1.82) is 0 Å². The molecule has 122 valence electrons. The summed E-state index contributed by atoms with van der Waals surface area (Å²) >= 11 is 0. The van der Waals surface area contributed by atoms with Gasteiger partial charge >= 0.3 is 6.18 Å². The lowest BCUT2D eigenvalue weighted by Crippen LogP contribution is -2.46. The molecule has 1 N–H and O–H groups in total. The summed E-state index contributed by atoms with van der Waals surface area (Å²) < 4.78 is 51.7. The molecule has 1 aliphatic heterocycles. The number of halogens is 6. The molecular weight excluding hydrogens is 333 g/mol. The molecule has 3 nitrogen and oxygen atoms in total. The Balaban J connectivity index is 0.00000200. The van der Waals surface area contributed by atoms with E-state index >= 15 is 0 Å². The van der Waals surface area contributed by atoms with Crippen molar-refractivity contribution in [3.05, 3.63) is 29.8 Å². The van der Waals surface area contributed by atoms with E-state index in [0.29, 0.717) is 26.2 Å². The molecule has 0 saturated carbocycles. The largest absolute Gasteiger partial charge is 0.390 e. The number of aromatic nitrogens is 1. The SMILES string of the molecule is Cl.Cl.Fc1ncccc1[C@@H](CC(F)(F)F)N1CCNCC1. The van der Waals surface area contributed by atoms with Gasteiger partial charge in [0.05, 0.1) is 6.42 Å². The van der Waals surface area contributed by atoms with Gasteiger partial charge in [0.2, 0.25) is 5.95 Å². The fourth-order valence-electron chi connectivity index (χ4n) is 2.30. The zero-order valence-corrected chi connectivity index (χ0v) is 12.7. The average molecular weight is 350 g/mol. The number of alkyl halides is 3. The molecule has 9 heteroatoms. The molecule has 1 aromatic heterocycles. The monoisotopic (exact) mass is 349 g/mol. The molecule has 0 bridgehead atoms. The third-order valence-electron chi connectivity index (χ3n) is 3.16. The van der Waals surface area contributed by atoms with Crippen LogP contribution in [0.4, 0.5) is 17.6 Å². The Kier molecular flexibility index (Phi) is 8.46. The second-order valence-electron chi connectivity index (χ2n) is 4.50. The predicted molar refractivity (Wildman–Crippen MR) is 76.5 cm³/mol. The highest BCUT2D eigenvalue weighted by Crippen LogP contribution is 2.34. The lowest BCUT2D eigenvalue weighted by molar-refractivity contribution is -0.149. The summed E-state index contributed by atoms with van der Waals surface area (Å²) in [6.07, 6.45) is -4.16. The van der Waals surface area contributed by atoms with E-state index in [0.717, 1.165) is 0 Å². The van der Waals surface area contributed by atoms with E-state index in [4.69, 9.17) is 0 Å². The van der Waals surface area contributed by atoms with Gasteiger partial charge in [-0.2, -0.15) is 17.6 Å². The molecule has 1 saturated heterocycles. The predicted octanol–water partition coefficient (Wildman–Crippen LogP) is 2.96. The Labute approximate surface area is 132 Å². The molecule has 1 aromatic rings. The molecule has 2 rings (SSSR count). The van der Waals surface area contributed by atoms with Gasteiger partial charge in [0.25, 0.3) is 0 Å². The van der Waals surface area contributed by atoms with Crippen LogP contribution in [0.2, 0.25) is 0 Å². The molecular formula is C12H17Cl2F4N3. The number of pyridine rings is 1. The van der Waals surface area contributed by atoms with E-state index in [1.54, 1.807) is 4.90 Å². The molecule has 1 fully saturated rings. The van der Waals surface area contributed by atoms with Crippen LogP contribution in [0.25, 0.3) is 0 Å². The van der Waals surface area contributed by atoms with Gasteiger partial charge in [0.1, 0.15) is 0 Å². The highest BCUT2D eigenvalue weighted by Gasteiger charge is 2.37. The van der Waals surface area contributed by atoms with Crippen LogP contribution >= 0.6 is 24.8 Å². The van der Waals surface area contributed by atoms with E-state index < -0.39 is 24.6 Å². The zero-order valence-electron chi connectivity index (χ0n) is 11.1. The maximum absolute atomic E-state index is 13.6. The third-order valence-corrected chi connectivity index (χ3v) is 3.16. The van der Waals surface area contributed by atoms with Crippen LogP contribution in [0.1, 0.15) is 18.0 Å². The van der Waals surface area contributed by atoms with Crippen molar-refractivity contribution in [2.75, 3.05) is 26.2 Å². The highest BCUT2D eigenvalue weighted by atomic mass is 35.5. The standard InChI is InChI=1S/C12H15F4N3.2ClH/c13-11-9(2-1-3-18-11)10(8-12(14,15)16)19-6-4-17-5-7-19;;/h1-3,10,17H,4-8H2;2*1H/t10-;;/m1../s1. The maximum Gasteiger partial charge on any atom is 0.390 e. The molecule has 21 heavy (non-hydrogen) atoms. The fraction of sp³-hybridized carbons (Fsp3) is 0.583. The Hall–Kier alpha value is -0.630. The second-order valence-corrected chi connectivity index (χ2v) is 4.50. The Bertz CT molecular complexity index is 425. The highest BCUT2D eigenvalue weighted by molar-refractivity contribution is 5.85. The first kappa shape index (κ1) is 20.4. The van der Waals surface area contributed by atoms with E-state index in [9.17, 15) is 17.6 Å². The summed E-state index contributed by atoms with van der Waals surface area (Å²) in [6.45, 7) is 2.15. The molecule has 0 amide bonds. The normalized spacial score (nSPS) is 17.5. The minimum atomic E-state index is -4.34. The Morgan fingerprint density at radius 1 is 1.24 bits per heavy atom. The van der Waals surface area contributed by atoms with E-state index in [-0.39, 0.29) is 30.4 Å². The Morgan fingerprint density at radius 2 is 1.86 bits per heavy atom. The molecule has 2 heterocycles. The van der Waals surface area contributed by atoms with Crippen LogP contribution in [-0.4, -0.2) is 42.2 Å². The van der Waals surface area contributed by atoms with Crippen LogP contribution in [0.5, 0.6) is 0 Å². The second kappa shape index (κ2) is 8.73. The van der Waals surface area contributed by atoms with Gasteiger partial charge in [-0.25, -0.2) is 4.98 Å². The first-order valence-corrected chi connectivity index (χ1v) is 6.09. The number of hydrogen-bond acceptors (Lipinski definition) is 3. The summed E-state index contributed by atoms with van der Waals surface area (Å²) in [7, 11) is 0. The topological polar surface area (TPSA) is 28.2 Å². The third kappa shape index (κ3) is 5.94. The van der Waals surface area contributed by atoms with Gasteiger partial charge in [0.15, 0.2) is 0 Å². The van der Waals surface area contributed by atoms with E-state index in [2.05, 4.69) is 10.3 Å². The van der Waals surface area contributed by atoms with Crippen LogP contribution < -0.4 is 5.32 Å². The van der Waals surface area contributed by atoms with Gasteiger partial charge in [-0.1, -0.05) is 6.07 Å². The lowest BCUT2D eigenvalue weighted by atomic mass is 10.0. The number of nitrogens with one attached hydrogen (secondary N) is 1. The summed E-state index contributed by atoms with van der Waals surface area (Å²) in [4.78, 5) is 5.11. The van der Waals surface area contributed by atoms with E-state index in [1.165, 1.54) is 18.3 Å². The summed E-state index contributed by atoms with van der Waals surface area (Å²) in [5, 5.41) is 3.07. The maximum atomic E-state index is 13.6. The smallest absolute Gasteiger partial charge is 0.314 e. The van der Waals surface area contributed by atoms with Crippen LogP contribution in [-0.2, 0) is 0 Å². The first-order chi connectivity index (χ1) is 8.97. The van der Waals surface area contributed by atoms with Gasteiger partial charge in [-0.3, -0.25) is 4.90 Å². The van der Waals surface area contributed by atoms with Crippen molar-refractivity contribution in [3.63, 3.8) is 0 Å². The first-order valence-electron chi connectivity index (χ1n) is 6.09. The van der Waals surface area contributed by atoms with E-state index in [1.807, 2.05) is 0 Å². The van der Waals surface area contributed by atoms with Crippen molar-refractivity contribution in [3.8, 4) is 0 Å². The van der Waals surface area contributed by atoms with Crippen molar-refractivity contribution in [1.82, 2.24) is 15.2 Å². The van der Waals surface area contributed by atoms with Crippen LogP contribution in [0.15, 0.2) is 18.3 Å². The van der Waals surface area contributed by atoms with Gasteiger partial charge in [-0.15, -0.1) is 24.8 Å². The summed E-state index contributed by atoms with van der Waals surface area (Å²) in [6, 6.07) is 1.83. The molecule has 0 unspecified atom stereocenters. The molecule has 1 atom stereocenters. The Morgan fingerprint density at radius 3 is 2.38 bits per heavy atom. The van der Waals surface area contributed by atoms with Gasteiger partial charge in [0, 0.05) is 44.0 Å². The minimum Gasteiger partial charge on any atom is -0.314 e. The van der Waals surface area contributed by atoms with Gasteiger partial charge < -0.3 is 5.32 Å². The van der Waals surface area contributed by atoms with Crippen molar-refractivity contribution in [2.24, 2.45) is 0 Å². The minimum absolute atomic E-state index is 0. The van der Waals surface area contributed by atoms with Crippen molar-refractivity contribution in [2.45, 2.75) is 18.6 Å². The molecule has 1 aliphatic rings. The van der Waals surface area contributed by atoms with Crippen molar-refractivity contribution >= 4 is 24.8 Å². The zero-order chi connectivity index (χ0) is 13.9. The number of hydrogen-bond donors (Lipinski definition) is 1. The molecule has 0 aromatic carbocycles. The number of rotatable bonds is 3. The molecule has 0 spiro atoms. The van der Waals surface area contributed by atoms with Crippen LogP contribution in [0, 0.1) is 5.95 Å².